The van der Waals surface area contributed by atoms with E-state index in [4.69, 9.17) is 14.6 Å². The SMILES string of the molecule is CC[C@@H](C)N(Cc1c(-c2ccccc2)nn(C)c1Oc1ccc(C)cc1)C[C@@H](O)COC. The highest BCUT2D eigenvalue weighted by Gasteiger charge is 2.25. The Morgan fingerprint density at radius 3 is 2.41 bits per heavy atom. The van der Waals surface area contributed by atoms with Gasteiger partial charge in [0.1, 0.15) is 11.4 Å². The third-order valence-corrected chi connectivity index (χ3v) is 5.75. The molecule has 0 radical (unpaired) electrons. The molecule has 0 aliphatic rings. The summed E-state index contributed by atoms with van der Waals surface area (Å²) in [6.07, 6.45) is 0.404. The van der Waals surface area contributed by atoms with Crippen LogP contribution < -0.4 is 4.74 Å². The molecule has 2 atom stereocenters. The molecule has 0 amide bonds. The molecule has 6 nitrogen and oxygen atoms in total. The monoisotopic (exact) mass is 437 g/mol. The van der Waals surface area contributed by atoms with Crippen molar-refractivity contribution in [1.82, 2.24) is 14.7 Å². The van der Waals surface area contributed by atoms with Crippen molar-refractivity contribution >= 4 is 0 Å². The highest BCUT2D eigenvalue weighted by molar-refractivity contribution is 5.65. The number of aromatic nitrogens is 2. The van der Waals surface area contributed by atoms with Gasteiger partial charge in [-0.05, 0) is 32.4 Å². The Bertz CT molecular complexity index is 970. The summed E-state index contributed by atoms with van der Waals surface area (Å²) in [5.74, 6) is 1.48. The molecule has 1 heterocycles. The van der Waals surface area contributed by atoms with Gasteiger partial charge < -0.3 is 14.6 Å². The Balaban J connectivity index is 2.02. The topological polar surface area (TPSA) is 59.8 Å². The summed E-state index contributed by atoms with van der Waals surface area (Å²) in [5.41, 5.74) is 4.12. The van der Waals surface area contributed by atoms with Gasteiger partial charge in [0.25, 0.3) is 0 Å². The van der Waals surface area contributed by atoms with Crippen LogP contribution in [0.4, 0.5) is 0 Å². The zero-order chi connectivity index (χ0) is 23.1. The number of aryl methyl sites for hydroxylation is 2. The van der Waals surface area contributed by atoms with Crippen LogP contribution in [0.5, 0.6) is 11.6 Å². The van der Waals surface area contributed by atoms with E-state index >= 15 is 0 Å². The lowest BCUT2D eigenvalue weighted by molar-refractivity contribution is 0.0253. The van der Waals surface area contributed by atoms with Crippen LogP contribution >= 0.6 is 0 Å². The van der Waals surface area contributed by atoms with E-state index in [1.807, 2.05) is 49.5 Å². The largest absolute Gasteiger partial charge is 0.439 e. The van der Waals surface area contributed by atoms with Crippen molar-refractivity contribution in [2.45, 2.75) is 45.9 Å². The van der Waals surface area contributed by atoms with Crippen LogP contribution in [0.3, 0.4) is 0 Å². The molecule has 6 heteroatoms. The lowest BCUT2D eigenvalue weighted by atomic mass is 10.1. The molecule has 0 spiro atoms. The van der Waals surface area contributed by atoms with Gasteiger partial charge in [-0.1, -0.05) is 55.0 Å². The van der Waals surface area contributed by atoms with Crippen LogP contribution in [0.1, 0.15) is 31.4 Å². The van der Waals surface area contributed by atoms with Gasteiger partial charge in [0.2, 0.25) is 5.88 Å². The standard InChI is InChI=1S/C26H35N3O3/c1-6-20(3)29(16-22(30)18-31-5)17-24-25(21-10-8-7-9-11-21)27-28(4)26(24)32-23-14-12-19(2)13-15-23/h7-15,20,22,30H,6,16-18H2,1-5H3/t20-,22-/m1/s1. The predicted octanol–water partition coefficient (Wildman–Crippen LogP) is 4.80. The van der Waals surface area contributed by atoms with Crippen LogP contribution in [-0.4, -0.2) is 52.2 Å². The smallest absolute Gasteiger partial charge is 0.222 e. The third kappa shape index (κ3) is 5.97. The summed E-state index contributed by atoms with van der Waals surface area (Å²) in [6.45, 7) is 7.81. The molecular formula is C26H35N3O3. The summed E-state index contributed by atoms with van der Waals surface area (Å²) in [7, 11) is 3.52. The molecule has 0 fully saturated rings. The highest BCUT2D eigenvalue weighted by Crippen LogP contribution is 2.34. The second kappa shape index (κ2) is 11.3. The van der Waals surface area contributed by atoms with E-state index in [2.05, 4.69) is 37.8 Å². The number of aliphatic hydroxyl groups excluding tert-OH is 1. The van der Waals surface area contributed by atoms with Gasteiger partial charge in [-0.3, -0.25) is 4.90 Å². The van der Waals surface area contributed by atoms with Crippen molar-refractivity contribution in [1.29, 1.82) is 0 Å². The summed E-state index contributed by atoms with van der Waals surface area (Å²) >= 11 is 0. The number of hydrogen-bond acceptors (Lipinski definition) is 5. The van der Waals surface area contributed by atoms with E-state index in [-0.39, 0.29) is 6.04 Å². The minimum Gasteiger partial charge on any atom is -0.439 e. The van der Waals surface area contributed by atoms with E-state index in [1.165, 1.54) is 5.56 Å². The van der Waals surface area contributed by atoms with E-state index in [1.54, 1.807) is 11.8 Å². The molecular weight excluding hydrogens is 402 g/mol. The van der Waals surface area contributed by atoms with Gasteiger partial charge in [-0.15, -0.1) is 0 Å². The fourth-order valence-corrected chi connectivity index (χ4v) is 3.75. The van der Waals surface area contributed by atoms with Crippen molar-refractivity contribution in [2.24, 2.45) is 7.05 Å². The van der Waals surface area contributed by atoms with Crippen LogP contribution in [-0.2, 0) is 18.3 Å². The number of hydrogen-bond donors (Lipinski definition) is 1. The Kier molecular flexibility index (Phi) is 8.45. The molecule has 3 rings (SSSR count). The van der Waals surface area contributed by atoms with Gasteiger partial charge in [0.15, 0.2) is 0 Å². The minimum absolute atomic E-state index is 0.276. The molecule has 0 bridgehead atoms. The number of rotatable bonds is 11. The number of benzene rings is 2. The molecule has 0 saturated heterocycles. The molecule has 0 saturated carbocycles. The van der Waals surface area contributed by atoms with Crippen molar-refractivity contribution in [3.8, 4) is 22.9 Å². The number of aliphatic hydroxyl groups is 1. The molecule has 0 aliphatic carbocycles. The molecule has 32 heavy (non-hydrogen) atoms. The van der Waals surface area contributed by atoms with Crippen molar-refractivity contribution in [2.75, 3.05) is 20.3 Å². The van der Waals surface area contributed by atoms with E-state index in [9.17, 15) is 5.11 Å². The summed E-state index contributed by atoms with van der Waals surface area (Å²) < 4.78 is 13.3. The molecule has 172 valence electrons. The van der Waals surface area contributed by atoms with Gasteiger partial charge in [0, 0.05) is 38.9 Å². The fourth-order valence-electron chi connectivity index (χ4n) is 3.75. The first kappa shape index (κ1) is 24.0. The average Bonchev–Trinajstić information content (AvgIpc) is 3.10. The summed E-state index contributed by atoms with van der Waals surface area (Å²) in [6, 6.07) is 18.5. The normalized spacial score (nSPS) is 13.3. The number of ether oxygens (including phenoxy) is 2. The predicted molar refractivity (Wildman–Crippen MR) is 128 cm³/mol. The summed E-state index contributed by atoms with van der Waals surface area (Å²) in [5, 5.41) is 15.3. The maximum absolute atomic E-state index is 10.4. The van der Waals surface area contributed by atoms with Gasteiger partial charge in [-0.2, -0.15) is 5.10 Å². The van der Waals surface area contributed by atoms with Crippen molar-refractivity contribution in [3.05, 3.63) is 65.7 Å². The first-order valence-electron chi connectivity index (χ1n) is 11.2. The Morgan fingerprint density at radius 2 is 1.78 bits per heavy atom. The quantitative estimate of drug-likeness (QED) is 0.467. The van der Waals surface area contributed by atoms with E-state index in [0.29, 0.717) is 25.6 Å². The van der Waals surface area contributed by atoms with Crippen LogP contribution in [0.25, 0.3) is 11.3 Å². The van der Waals surface area contributed by atoms with Crippen molar-refractivity contribution in [3.63, 3.8) is 0 Å². The Morgan fingerprint density at radius 1 is 1.09 bits per heavy atom. The van der Waals surface area contributed by atoms with Crippen LogP contribution in [0.15, 0.2) is 54.6 Å². The second-order valence-electron chi connectivity index (χ2n) is 8.33. The maximum atomic E-state index is 10.4. The van der Waals surface area contributed by atoms with Gasteiger partial charge >= 0.3 is 0 Å². The fraction of sp³-hybridized carbons (Fsp3) is 0.423. The highest BCUT2D eigenvalue weighted by atomic mass is 16.5. The average molecular weight is 438 g/mol. The maximum Gasteiger partial charge on any atom is 0.222 e. The van der Waals surface area contributed by atoms with Crippen LogP contribution in [0, 0.1) is 6.92 Å². The van der Waals surface area contributed by atoms with Gasteiger partial charge in [-0.25, -0.2) is 4.68 Å². The molecule has 0 aliphatic heterocycles. The molecule has 3 aromatic rings. The second-order valence-corrected chi connectivity index (χ2v) is 8.33. The zero-order valence-electron chi connectivity index (χ0n) is 19.8. The number of nitrogens with zero attached hydrogens (tertiary/aromatic N) is 3. The summed E-state index contributed by atoms with van der Waals surface area (Å²) in [4.78, 5) is 2.27. The van der Waals surface area contributed by atoms with Crippen LogP contribution in [0.2, 0.25) is 0 Å². The molecule has 1 N–H and O–H groups in total. The first-order chi connectivity index (χ1) is 15.4. The molecule has 2 aromatic carbocycles. The third-order valence-electron chi connectivity index (χ3n) is 5.75. The lowest BCUT2D eigenvalue weighted by Crippen LogP contribution is -2.39. The Hall–Kier alpha value is -2.67. The molecule has 0 unspecified atom stereocenters. The first-order valence-corrected chi connectivity index (χ1v) is 11.2. The van der Waals surface area contributed by atoms with Gasteiger partial charge in [0.05, 0.1) is 18.3 Å². The minimum atomic E-state index is -0.563. The van der Waals surface area contributed by atoms with E-state index in [0.717, 1.165) is 29.0 Å². The zero-order valence-corrected chi connectivity index (χ0v) is 19.8. The van der Waals surface area contributed by atoms with Crippen molar-refractivity contribution < 1.29 is 14.6 Å². The Labute approximate surface area is 191 Å². The number of methoxy groups -OCH3 is 1. The van der Waals surface area contributed by atoms with E-state index < -0.39 is 6.10 Å². The lowest BCUT2D eigenvalue weighted by Gasteiger charge is -2.30. The molecule has 1 aromatic heterocycles.